The van der Waals surface area contributed by atoms with Crippen molar-refractivity contribution in [1.29, 1.82) is 0 Å². The molecule has 0 saturated heterocycles. The van der Waals surface area contributed by atoms with Crippen molar-refractivity contribution in [3.63, 3.8) is 0 Å². The maximum atomic E-state index is 12.5. The van der Waals surface area contributed by atoms with Crippen molar-refractivity contribution in [3.8, 4) is 0 Å². The van der Waals surface area contributed by atoms with Crippen molar-refractivity contribution in [2.24, 2.45) is 0 Å². The van der Waals surface area contributed by atoms with Crippen LogP contribution in [0.1, 0.15) is 21.6 Å². The van der Waals surface area contributed by atoms with Gasteiger partial charge in [0.1, 0.15) is 0 Å². The molecule has 0 aliphatic heterocycles. The molecule has 0 saturated carbocycles. The molecule has 28 heavy (non-hydrogen) atoms. The van der Waals surface area contributed by atoms with Crippen molar-refractivity contribution in [3.05, 3.63) is 83.7 Å². The molecule has 0 unspecified atom stereocenters. The first-order valence-corrected chi connectivity index (χ1v) is 8.93. The molecule has 1 amide bonds. The van der Waals surface area contributed by atoms with Gasteiger partial charge in [0.05, 0.1) is 11.2 Å². The lowest BCUT2D eigenvalue weighted by molar-refractivity contribution is 0.102. The topological polar surface area (TPSA) is 79.8 Å². The van der Waals surface area contributed by atoms with E-state index in [1.54, 1.807) is 18.3 Å². The molecule has 138 valence electrons. The number of carbonyl (C=O) groups is 1. The monoisotopic (exact) mass is 369 g/mol. The summed E-state index contributed by atoms with van der Waals surface area (Å²) in [6.07, 6.45) is 1.70. The molecule has 2 N–H and O–H groups in total. The Labute approximate surface area is 162 Å². The molecule has 6 heteroatoms. The number of nitrogens with one attached hydrogen (secondary N) is 2. The summed E-state index contributed by atoms with van der Waals surface area (Å²) in [5, 5.41) is 15.2. The predicted molar refractivity (Wildman–Crippen MR) is 111 cm³/mol. The van der Waals surface area contributed by atoms with Crippen LogP contribution in [0.5, 0.6) is 0 Å². The van der Waals surface area contributed by atoms with Gasteiger partial charge in [0, 0.05) is 17.3 Å². The lowest BCUT2D eigenvalue weighted by Crippen LogP contribution is -2.15. The smallest absolute Gasteiger partial charge is 0.276 e. The van der Waals surface area contributed by atoms with Gasteiger partial charge in [-0.2, -0.15) is 0 Å². The Balaban J connectivity index is 1.50. The van der Waals surface area contributed by atoms with Gasteiger partial charge in [-0.05, 0) is 61.4 Å². The molecule has 6 nitrogen and oxygen atoms in total. The molecule has 2 heterocycles. The maximum Gasteiger partial charge on any atom is 0.276 e. The molecule has 4 aromatic rings. The Morgan fingerprint density at radius 3 is 2.54 bits per heavy atom. The summed E-state index contributed by atoms with van der Waals surface area (Å²) in [5.74, 6) is 0.245. The summed E-state index contributed by atoms with van der Waals surface area (Å²) in [6, 6.07) is 18.9. The second kappa shape index (κ2) is 7.44. The van der Waals surface area contributed by atoms with E-state index in [0.717, 1.165) is 16.6 Å². The number of hydrogen-bond donors (Lipinski definition) is 2. The number of amides is 1. The van der Waals surface area contributed by atoms with Gasteiger partial charge in [0.15, 0.2) is 11.5 Å². The van der Waals surface area contributed by atoms with Crippen LogP contribution in [0.15, 0.2) is 66.9 Å². The largest absolute Gasteiger partial charge is 0.339 e. The van der Waals surface area contributed by atoms with E-state index < -0.39 is 0 Å². The average Bonchev–Trinajstić information content (AvgIpc) is 2.71. The van der Waals surface area contributed by atoms with Crippen LogP contribution >= 0.6 is 0 Å². The van der Waals surface area contributed by atoms with E-state index in [1.165, 1.54) is 11.1 Å². The quantitative estimate of drug-likeness (QED) is 0.548. The first-order valence-electron chi connectivity index (χ1n) is 8.93. The Bertz CT molecular complexity index is 1150. The molecule has 0 bridgehead atoms. The van der Waals surface area contributed by atoms with Crippen LogP contribution in [0, 0.1) is 13.8 Å². The van der Waals surface area contributed by atoms with Crippen molar-refractivity contribution in [1.82, 2.24) is 15.2 Å². The minimum atomic E-state index is -0.330. The molecular weight excluding hydrogens is 350 g/mol. The number of carbonyl (C=O) groups excluding carboxylic acids is 1. The third-order valence-electron chi connectivity index (χ3n) is 4.56. The minimum absolute atomic E-state index is 0.235. The number of hydrogen-bond acceptors (Lipinski definition) is 5. The zero-order valence-corrected chi connectivity index (χ0v) is 15.6. The third kappa shape index (κ3) is 3.66. The second-order valence-electron chi connectivity index (χ2n) is 6.56. The SMILES string of the molecule is Cc1ccc(Nc2ccc(C(=O)Nc3cccc4cccnc34)nn2)cc1C. The van der Waals surface area contributed by atoms with Crippen LogP contribution < -0.4 is 10.6 Å². The lowest BCUT2D eigenvalue weighted by atomic mass is 10.1. The first kappa shape index (κ1) is 17.6. The van der Waals surface area contributed by atoms with E-state index in [1.807, 2.05) is 48.5 Å². The van der Waals surface area contributed by atoms with Crippen molar-refractivity contribution in [2.75, 3.05) is 10.6 Å². The second-order valence-corrected chi connectivity index (χ2v) is 6.56. The summed E-state index contributed by atoms with van der Waals surface area (Å²) in [7, 11) is 0. The molecule has 2 aromatic heterocycles. The van der Waals surface area contributed by atoms with Crippen LogP contribution in [0.3, 0.4) is 0 Å². The minimum Gasteiger partial charge on any atom is -0.339 e. The van der Waals surface area contributed by atoms with Crippen LogP contribution in [-0.4, -0.2) is 21.1 Å². The Morgan fingerprint density at radius 1 is 0.893 bits per heavy atom. The summed E-state index contributed by atoms with van der Waals surface area (Å²) in [5.41, 5.74) is 4.96. The summed E-state index contributed by atoms with van der Waals surface area (Å²) in [4.78, 5) is 16.9. The van der Waals surface area contributed by atoms with E-state index in [4.69, 9.17) is 0 Å². The molecular formula is C22H19N5O. The highest BCUT2D eigenvalue weighted by Crippen LogP contribution is 2.21. The van der Waals surface area contributed by atoms with E-state index in [0.29, 0.717) is 11.5 Å². The molecule has 0 aliphatic rings. The fraction of sp³-hybridized carbons (Fsp3) is 0.0909. The number of rotatable bonds is 4. The number of nitrogens with zero attached hydrogens (tertiary/aromatic N) is 3. The highest BCUT2D eigenvalue weighted by atomic mass is 16.1. The Morgan fingerprint density at radius 2 is 1.75 bits per heavy atom. The van der Waals surface area contributed by atoms with Gasteiger partial charge in [-0.25, -0.2) is 0 Å². The number of para-hydroxylation sites is 1. The van der Waals surface area contributed by atoms with Crippen molar-refractivity contribution in [2.45, 2.75) is 13.8 Å². The number of pyridine rings is 1. The van der Waals surface area contributed by atoms with Crippen molar-refractivity contribution >= 4 is 34.0 Å². The molecule has 0 atom stereocenters. The van der Waals surface area contributed by atoms with Crippen LogP contribution in [0.25, 0.3) is 10.9 Å². The molecule has 2 aromatic carbocycles. The number of aromatic nitrogens is 3. The van der Waals surface area contributed by atoms with E-state index in [2.05, 4.69) is 39.7 Å². The fourth-order valence-corrected chi connectivity index (χ4v) is 2.88. The summed E-state index contributed by atoms with van der Waals surface area (Å²) < 4.78 is 0. The van der Waals surface area contributed by atoms with E-state index in [9.17, 15) is 4.79 Å². The fourth-order valence-electron chi connectivity index (χ4n) is 2.88. The Kier molecular flexibility index (Phi) is 4.68. The molecule has 0 spiro atoms. The van der Waals surface area contributed by atoms with Crippen molar-refractivity contribution < 1.29 is 4.79 Å². The van der Waals surface area contributed by atoms with Gasteiger partial charge in [-0.3, -0.25) is 9.78 Å². The summed E-state index contributed by atoms with van der Waals surface area (Å²) in [6.45, 7) is 4.12. The lowest BCUT2D eigenvalue weighted by Gasteiger charge is -2.09. The molecule has 0 aliphatic carbocycles. The standard InChI is InChI=1S/C22H19N5O/c1-14-8-9-17(13-15(14)2)24-20-11-10-19(26-27-20)22(28)25-18-7-3-5-16-6-4-12-23-21(16)18/h3-13H,1-2H3,(H,24,27)(H,25,28). The number of benzene rings is 2. The van der Waals surface area contributed by atoms with Gasteiger partial charge in [0.25, 0.3) is 5.91 Å². The first-order chi connectivity index (χ1) is 13.6. The maximum absolute atomic E-state index is 12.5. The zero-order valence-electron chi connectivity index (χ0n) is 15.6. The molecule has 0 radical (unpaired) electrons. The van der Waals surface area contributed by atoms with Crippen LogP contribution in [-0.2, 0) is 0 Å². The van der Waals surface area contributed by atoms with Gasteiger partial charge < -0.3 is 10.6 Å². The van der Waals surface area contributed by atoms with Crippen LogP contribution in [0.4, 0.5) is 17.2 Å². The summed E-state index contributed by atoms with van der Waals surface area (Å²) >= 11 is 0. The van der Waals surface area contributed by atoms with Gasteiger partial charge in [0.2, 0.25) is 0 Å². The van der Waals surface area contributed by atoms with Gasteiger partial charge in [-0.1, -0.05) is 24.3 Å². The average molecular weight is 369 g/mol. The predicted octanol–water partition coefficient (Wildman–Crippen LogP) is 4.64. The Hall–Kier alpha value is -3.80. The molecule has 4 rings (SSSR count). The van der Waals surface area contributed by atoms with E-state index in [-0.39, 0.29) is 11.6 Å². The highest BCUT2D eigenvalue weighted by Gasteiger charge is 2.11. The normalized spacial score (nSPS) is 10.6. The molecule has 0 fully saturated rings. The number of anilines is 3. The zero-order chi connectivity index (χ0) is 19.5. The van der Waals surface area contributed by atoms with Gasteiger partial charge >= 0.3 is 0 Å². The van der Waals surface area contributed by atoms with Gasteiger partial charge in [-0.15, -0.1) is 10.2 Å². The van der Waals surface area contributed by atoms with E-state index >= 15 is 0 Å². The van der Waals surface area contributed by atoms with Crippen LogP contribution in [0.2, 0.25) is 0 Å². The number of aryl methyl sites for hydroxylation is 2. The highest BCUT2D eigenvalue weighted by molar-refractivity contribution is 6.07. The third-order valence-corrected chi connectivity index (χ3v) is 4.56. The number of fused-ring (bicyclic) bond motifs is 1.